The first-order valence-electron chi connectivity index (χ1n) is 4.91. The fourth-order valence-corrected chi connectivity index (χ4v) is 1.86. The summed E-state index contributed by atoms with van der Waals surface area (Å²) in [6.45, 7) is 4.33. The third-order valence-electron chi connectivity index (χ3n) is 2.37. The van der Waals surface area contributed by atoms with E-state index in [0.717, 1.165) is 12.8 Å². The Morgan fingerprint density at radius 2 is 2.40 bits per heavy atom. The van der Waals surface area contributed by atoms with Crippen molar-refractivity contribution in [3.8, 4) is 0 Å². The van der Waals surface area contributed by atoms with Crippen LogP contribution in [0.5, 0.6) is 0 Å². The normalized spacial score (nSPS) is 15.1. The van der Waals surface area contributed by atoms with Crippen LogP contribution in [0.2, 0.25) is 0 Å². The van der Waals surface area contributed by atoms with E-state index in [2.05, 4.69) is 27.5 Å². The molecule has 1 fully saturated rings. The lowest BCUT2D eigenvalue weighted by atomic mass is 10.3. The Morgan fingerprint density at radius 3 is 2.93 bits per heavy atom. The van der Waals surface area contributed by atoms with Gasteiger partial charge in [0.15, 0.2) is 11.6 Å². The molecule has 1 aromatic rings. The van der Waals surface area contributed by atoms with Crippen LogP contribution in [0.25, 0.3) is 0 Å². The third kappa shape index (κ3) is 2.37. The zero-order chi connectivity index (χ0) is 10.8. The average molecular weight is 271 g/mol. The number of halogens is 2. The summed E-state index contributed by atoms with van der Waals surface area (Å²) in [7, 11) is 0. The van der Waals surface area contributed by atoms with Gasteiger partial charge in [0.25, 0.3) is 0 Å². The van der Waals surface area contributed by atoms with Gasteiger partial charge in [-0.15, -0.1) is 6.58 Å². The summed E-state index contributed by atoms with van der Waals surface area (Å²) in [5.41, 5.74) is 0. The molecule has 0 N–H and O–H groups in total. The van der Waals surface area contributed by atoms with Crippen LogP contribution >= 0.6 is 15.9 Å². The second kappa shape index (κ2) is 4.31. The minimum Gasteiger partial charge on any atom is -0.347 e. The molecule has 4 heteroatoms. The molecule has 0 bridgehead atoms. The topological polar surface area (TPSA) is 16.1 Å². The molecule has 0 aromatic carbocycles. The summed E-state index contributed by atoms with van der Waals surface area (Å²) in [6, 6.07) is 1.88. The Balaban J connectivity index is 2.28. The fraction of sp³-hybridized carbons (Fsp3) is 0.364. The first-order chi connectivity index (χ1) is 7.22. The van der Waals surface area contributed by atoms with Crippen LogP contribution in [0, 0.1) is 5.82 Å². The highest BCUT2D eigenvalue weighted by Crippen LogP contribution is 2.32. The first-order valence-corrected chi connectivity index (χ1v) is 5.70. The van der Waals surface area contributed by atoms with Crippen LogP contribution < -0.4 is 4.90 Å². The molecule has 1 aliphatic carbocycles. The van der Waals surface area contributed by atoms with Crippen LogP contribution in [0.3, 0.4) is 0 Å². The minimum absolute atomic E-state index is 0.280. The summed E-state index contributed by atoms with van der Waals surface area (Å²) >= 11 is 3.20. The highest BCUT2D eigenvalue weighted by molar-refractivity contribution is 9.10. The summed E-state index contributed by atoms with van der Waals surface area (Å²) in [5.74, 6) is 0.152. The number of hydrogen-bond donors (Lipinski definition) is 0. The molecule has 15 heavy (non-hydrogen) atoms. The predicted molar refractivity (Wildman–Crippen MR) is 62.5 cm³/mol. The van der Waals surface area contributed by atoms with Gasteiger partial charge >= 0.3 is 0 Å². The van der Waals surface area contributed by atoms with Crippen molar-refractivity contribution in [2.75, 3.05) is 11.4 Å². The Hall–Kier alpha value is -0.900. The van der Waals surface area contributed by atoms with Gasteiger partial charge in [-0.05, 0) is 34.8 Å². The van der Waals surface area contributed by atoms with Gasteiger partial charge in [0, 0.05) is 23.3 Å². The van der Waals surface area contributed by atoms with Crippen LogP contribution in [0.4, 0.5) is 10.2 Å². The van der Waals surface area contributed by atoms with Crippen molar-refractivity contribution in [1.82, 2.24) is 4.98 Å². The highest BCUT2D eigenvalue weighted by Gasteiger charge is 2.30. The molecule has 1 aliphatic rings. The van der Waals surface area contributed by atoms with Crippen molar-refractivity contribution < 1.29 is 4.39 Å². The second-order valence-electron chi connectivity index (χ2n) is 3.63. The summed E-state index contributed by atoms with van der Waals surface area (Å²) in [5, 5.41) is 0. The monoisotopic (exact) mass is 270 g/mol. The molecule has 0 saturated heterocycles. The van der Waals surface area contributed by atoms with E-state index in [1.165, 1.54) is 6.07 Å². The largest absolute Gasteiger partial charge is 0.347 e. The van der Waals surface area contributed by atoms with Crippen molar-refractivity contribution in [1.29, 1.82) is 0 Å². The summed E-state index contributed by atoms with van der Waals surface area (Å²) in [6.07, 6.45) is 5.63. The van der Waals surface area contributed by atoms with Crippen LogP contribution in [0.15, 0.2) is 29.4 Å². The molecular formula is C11H12BrFN2. The predicted octanol–water partition coefficient (Wildman–Crippen LogP) is 3.14. The Labute approximate surface area is 96.9 Å². The maximum absolute atomic E-state index is 13.6. The molecule has 0 unspecified atom stereocenters. The number of nitrogens with zero attached hydrogens (tertiary/aromatic N) is 2. The van der Waals surface area contributed by atoms with Crippen LogP contribution in [-0.4, -0.2) is 17.6 Å². The molecule has 0 atom stereocenters. The van der Waals surface area contributed by atoms with E-state index < -0.39 is 0 Å². The lowest BCUT2D eigenvalue weighted by molar-refractivity contribution is 0.610. The quantitative estimate of drug-likeness (QED) is 0.782. The highest BCUT2D eigenvalue weighted by atomic mass is 79.9. The van der Waals surface area contributed by atoms with Crippen LogP contribution in [0.1, 0.15) is 12.8 Å². The molecule has 2 rings (SSSR count). The van der Waals surface area contributed by atoms with Crippen molar-refractivity contribution in [3.63, 3.8) is 0 Å². The Morgan fingerprint density at radius 1 is 1.67 bits per heavy atom. The van der Waals surface area contributed by atoms with Crippen molar-refractivity contribution in [2.45, 2.75) is 18.9 Å². The van der Waals surface area contributed by atoms with Gasteiger partial charge in [-0.2, -0.15) is 0 Å². The van der Waals surface area contributed by atoms with Gasteiger partial charge in [0.05, 0.1) is 0 Å². The van der Waals surface area contributed by atoms with Crippen molar-refractivity contribution in [3.05, 3.63) is 35.2 Å². The number of hydrogen-bond acceptors (Lipinski definition) is 2. The molecule has 80 valence electrons. The van der Waals surface area contributed by atoms with Gasteiger partial charge in [0.1, 0.15) is 0 Å². The Kier molecular flexibility index (Phi) is 3.05. The lowest BCUT2D eigenvalue weighted by Crippen LogP contribution is -2.27. The maximum Gasteiger partial charge on any atom is 0.166 e. The van der Waals surface area contributed by atoms with Gasteiger partial charge in [-0.3, -0.25) is 0 Å². The molecule has 1 heterocycles. The van der Waals surface area contributed by atoms with E-state index in [1.54, 1.807) is 12.3 Å². The zero-order valence-corrected chi connectivity index (χ0v) is 9.87. The standard InChI is InChI=1S/C11H12BrFN2/c1-2-5-15(9-3-4-9)11-10(13)6-8(12)7-14-11/h2,6-7,9H,1,3-5H2. The molecule has 0 radical (unpaired) electrons. The number of anilines is 1. The van der Waals surface area contributed by atoms with Gasteiger partial charge in [-0.1, -0.05) is 6.08 Å². The SMILES string of the molecule is C=CCN(c1ncc(Br)cc1F)C1CC1. The average Bonchev–Trinajstić information content (AvgIpc) is 2.98. The van der Waals surface area contributed by atoms with E-state index >= 15 is 0 Å². The first kappa shape index (κ1) is 10.6. The second-order valence-corrected chi connectivity index (χ2v) is 4.55. The van der Waals surface area contributed by atoms with Gasteiger partial charge in [0.2, 0.25) is 0 Å². The van der Waals surface area contributed by atoms with E-state index in [1.807, 2.05) is 4.90 Å². The summed E-state index contributed by atoms with van der Waals surface area (Å²) in [4.78, 5) is 6.08. The van der Waals surface area contributed by atoms with Crippen molar-refractivity contribution >= 4 is 21.7 Å². The molecule has 2 nitrogen and oxygen atoms in total. The molecule has 1 aromatic heterocycles. The molecular weight excluding hydrogens is 259 g/mol. The molecule has 0 spiro atoms. The number of rotatable bonds is 4. The Bertz CT molecular complexity index is 377. The molecule has 1 saturated carbocycles. The maximum atomic E-state index is 13.6. The van der Waals surface area contributed by atoms with Crippen molar-refractivity contribution in [2.24, 2.45) is 0 Å². The number of aromatic nitrogens is 1. The third-order valence-corrected chi connectivity index (χ3v) is 2.81. The molecule has 0 aliphatic heterocycles. The zero-order valence-electron chi connectivity index (χ0n) is 8.29. The smallest absolute Gasteiger partial charge is 0.166 e. The van der Waals surface area contributed by atoms with E-state index in [4.69, 9.17) is 0 Å². The van der Waals surface area contributed by atoms with Gasteiger partial charge in [-0.25, -0.2) is 9.37 Å². The lowest BCUT2D eigenvalue weighted by Gasteiger charge is -2.22. The van der Waals surface area contributed by atoms with E-state index in [-0.39, 0.29) is 5.82 Å². The summed E-state index contributed by atoms with van der Waals surface area (Å²) < 4.78 is 14.3. The van der Waals surface area contributed by atoms with E-state index in [0.29, 0.717) is 22.9 Å². The fourth-order valence-electron chi connectivity index (χ4n) is 1.55. The number of pyridine rings is 1. The minimum atomic E-state index is -0.280. The van der Waals surface area contributed by atoms with Crippen LogP contribution in [-0.2, 0) is 0 Å². The van der Waals surface area contributed by atoms with Gasteiger partial charge < -0.3 is 4.90 Å². The van der Waals surface area contributed by atoms with E-state index in [9.17, 15) is 4.39 Å². The molecule has 0 amide bonds.